The van der Waals surface area contributed by atoms with E-state index in [1.165, 1.54) is 6.07 Å². The van der Waals surface area contributed by atoms with Crippen LogP contribution in [0.4, 0.5) is 10.1 Å². The SMILES string of the molecule is [B]N1C[C@H](Oc2cc(F)cc([N+](=O)[O-])c2)C[C@H]1CO[Si](C)(C)C(C)(C)C. The van der Waals surface area contributed by atoms with E-state index in [9.17, 15) is 14.5 Å². The second-order valence-corrected chi connectivity index (χ2v) is 13.1. The fraction of sp³-hybridized carbons (Fsp3) is 0.647. The van der Waals surface area contributed by atoms with Crippen molar-refractivity contribution < 1.29 is 18.5 Å². The molecule has 0 saturated carbocycles. The maximum Gasteiger partial charge on any atom is 0.276 e. The monoisotopic (exact) mass is 380 g/mol. The van der Waals surface area contributed by atoms with E-state index >= 15 is 0 Å². The first-order valence-corrected chi connectivity index (χ1v) is 11.6. The molecule has 142 valence electrons. The standard InChI is InChI=1S/C17H26BFN2O4Si/c1-17(2,3)26(4,5)24-11-14-9-16(10-20(14)18)25-15-7-12(19)6-13(8-15)21(22)23/h6-8,14,16H,9-11H2,1-5H3/t14-,16+/m0/s1. The van der Waals surface area contributed by atoms with Crippen molar-refractivity contribution in [1.82, 2.24) is 4.81 Å². The van der Waals surface area contributed by atoms with Gasteiger partial charge in [0.05, 0.1) is 17.1 Å². The van der Waals surface area contributed by atoms with Crippen LogP contribution in [0, 0.1) is 15.9 Å². The van der Waals surface area contributed by atoms with E-state index in [1.807, 2.05) is 0 Å². The van der Waals surface area contributed by atoms with E-state index < -0.39 is 19.1 Å². The molecule has 1 aromatic rings. The van der Waals surface area contributed by atoms with Crippen LogP contribution in [0.15, 0.2) is 18.2 Å². The van der Waals surface area contributed by atoms with Crippen LogP contribution < -0.4 is 4.74 Å². The van der Waals surface area contributed by atoms with Crippen molar-refractivity contribution in [3.63, 3.8) is 0 Å². The minimum Gasteiger partial charge on any atom is -0.489 e. The zero-order chi connectivity index (χ0) is 19.7. The summed E-state index contributed by atoms with van der Waals surface area (Å²) in [5.41, 5.74) is -0.333. The Hall–Kier alpha value is -1.45. The molecule has 0 aromatic heterocycles. The average Bonchev–Trinajstić information content (AvgIpc) is 2.83. The van der Waals surface area contributed by atoms with Gasteiger partial charge in [-0.3, -0.25) is 10.1 Å². The molecule has 9 heteroatoms. The van der Waals surface area contributed by atoms with Gasteiger partial charge in [0.1, 0.15) is 17.7 Å². The molecule has 2 atom stereocenters. The lowest BCUT2D eigenvalue weighted by Crippen LogP contribution is -2.44. The minimum absolute atomic E-state index is 0.00216. The predicted octanol–water partition coefficient (Wildman–Crippen LogP) is 3.66. The molecule has 6 nitrogen and oxygen atoms in total. The maximum absolute atomic E-state index is 13.5. The highest BCUT2D eigenvalue weighted by Crippen LogP contribution is 2.37. The Morgan fingerprint density at radius 2 is 2.04 bits per heavy atom. The molecule has 1 saturated heterocycles. The number of halogens is 1. The molecule has 2 radical (unpaired) electrons. The van der Waals surface area contributed by atoms with E-state index in [4.69, 9.17) is 17.1 Å². The van der Waals surface area contributed by atoms with Crippen LogP contribution in [0.5, 0.6) is 5.75 Å². The van der Waals surface area contributed by atoms with E-state index in [-0.39, 0.29) is 28.6 Å². The minimum atomic E-state index is -1.87. The summed E-state index contributed by atoms with van der Waals surface area (Å²) >= 11 is 0. The number of nitrogens with zero attached hydrogens (tertiary/aromatic N) is 2. The van der Waals surface area contributed by atoms with Crippen molar-refractivity contribution in [3.8, 4) is 5.75 Å². The molecule has 0 spiro atoms. The smallest absolute Gasteiger partial charge is 0.276 e. The van der Waals surface area contributed by atoms with Crippen molar-refractivity contribution >= 4 is 22.0 Å². The summed E-state index contributed by atoms with van der Waals surface area (Å²) < 4.78 is 25.5. The normalized spacial score (nSPS) is 21.8. The Bertz CT molecular complexity index is 669. The molecule has 0 aliphatic carbocycles. The predicted molar refractivity (Wildman–Crippen MR) is 101 cm³/mol. The lowest BCUT2D eigenvalue weighted by molar-refractivity contribution is -0.385. The second-order valence-electron chi connectivity index (χ2n) is 8.30. The van der Waals surface area contributed by atoms with Gasteiger partial charge in [-0.05, 0) is 18.1 Å². The van der Waals surface area contributed by atoms with Crippen molar-refractivity contribution in [2.75, 3.05) is 13.2 Å². The van der Waals surface area contributed by atoms with E-state index in [0.29, 0.717) is 19.6 Å². The molecular weight excluding hydrogens is 354 g/mol. The third-order valence-electron chi connectivity index (χ3n) is 5.23. The molecule has 1 aliphatic heterocycles. The largest absolute Gasteiger partial charge is 0.489 e. The first kappa shape index (κ1) is 20.9. The Morgan fingerprint density at radius 3 is 2.62 bits per heavy atom. The summed E-state index contributed by atoms with van der Waals surface area (Å²) in [6.07, 6.45) is 0.351. The highest BCUT2D eigenvalue weighted by Gasteiger charge is 2.39. The summed E-state index contributed by atoms with van der Waals surface area (Å²) in [5, 5.41) is 11.0. The molecule has 0 amide bonds. The maximum atomic E-state index is 13.5. The summed E-state index contributed by atoms with van der Waals surface area (Å²) in [6, 6.07) is 3.24. The van der Waals surface area contributed by atoms with Crippen LogP contribution in [0.25, 0.3) is 0 Å². The van der Waals surface area contributed by atoms with Crippen LogP contribution in [0.2, 0.25) is 18.1 Å². The highest BCUT2D eigenvalue weighted by atomic mass is 28.4. The average molecular weight is 380 g/mol. The second kappa shape index (κ2) is 7.66. The van der Waals surface area contributed by atoms with Gasteiger partial charge in [0.2, 0.25) is 0 Å². The molecule has 1 heterocycles. The summed E-state index contributed by atoms with van der Waals surface area (Å²) in [5.74, 6) is -0.560. The van der Waals surface area contributed by atoms with Gasteiger partial charge in [-0.2, -0.15) is 0 Å². The first-order chi connectivity index (χ1) is 11.9. The van der Waals surface area contributed by atoms with Gasteiger partial charge in [-0.25, -0.2) is 4.39 Å². The van der Waals surface area contributed by atoms with Crippen molar-refractivity contribution in [3.05, 3.63) is 34.1 Å². The van der Waals surface area contributed by atoms with Gasteiger partial charge < -0.3 is 14.0 Å². The third kappa shape index (κ3) is 5.05. The summed E-state index contributed by atoms with van der Waals surface area (Å²) in [6.45, 7) is 11.9. The number of non-ortho nitro benzene ring substituents is 1. The van der Waals surface area contributed by atoms with Crippen molar-refractivity contribution in [2.45, 2.75) is 57.5 Å². The van der Waals surface area contributed by atoms with Crippen molar-refractivity contribution in [1.29, 1.82) is 0 Å². The Kier molecular flexibility index (Phi) is 6.14. The van der Waals surface area contributed by atoms with E-state index in [1.54, 1.807) is 4.81 Å². The summed E-state index contributed by atoms with van der Waals surface area (Å²) in [7, 11) is 4.20. The number of nitro benzene ring substituents is 1. The number of ether oxygens (including phenoxy) is 1. The third-order valence-corrected chi connectivity index (χ3v) is 9.73. The molecule has 0 N–H and O–H groups in total. The lowest BCUT2D eigenvalue weighted by Gasteiger charge is -2.37. The Morgan fingerprint density at radius 1 is 1.38 bits per heavy atom. The zero-order valence-electron chi connectivity index (χ0n) is 16.0. The quantitative estimate of drug-likeness (QED) is 0.428. The Labute approximate surface area is 156 Å². The first-order valence-electron chi connectivity index (χ1n) is 8.66. The molecular formula is C17H26BFN2O4Si. The topological polar surface area (TPSA) is 64.8 Å². The number of hydrogen-bond donors (Lipinski definition) is 0. The van der Waals surface area contributed by atoms with E-state index in [2.05, 4.69) is 33.9 Å². The lowest BCUT2D eigenvalue weighted by atomic mass is 10.2. The number of nitro groups is 1. The molecule has 26 heavy (non-hydrogen) atoms. The highest BCUT2D eigenvalue weighted by molar-refractivity contribution is 6.74. The summed E-state index contributed by atoms with van der Waals surface area (Å²) in [4.78, 5) is 11.9. The van der Waals surface area contributed by atoms with Crippen LogP contribution >= 0.6 is 0 Å². The van der Waals surface area contributed by atoms with Gasteiger partial charge in [0.15, 0.2) is 16.3 Å². The molecule has 0 bridgehead atoms. The van der Waals surface area contributed by atoms with Gasteiger partial charge in [0, 0.05) is 31.7 Å². The Balaban J connectivity index is 1.98. The van der Waals surface area contributed by atoms with Gasteiger partial charge >= 0.3 is 0 Å². The fourth-order valence-corrected chi connectivity index (χ4v) is 3.62. The molecule has 0 unspecified atom stereocenters. The molecule has 1 fully saturated rings. The molecule has 1 aliphatic rings. The zero-order valence-corrected chi connectivity index (χ0v) is 17.0. The van der Waals surface area contributed by atoms with Crippen LogP contribution in [0.1, 0.15) is 27.2 Å². The number of benzene rings is 1. The van der Waals surface area contributed by atoms with E-state index in [0.717, 1.165) is 12.1 Å². The fourth-order valence-electron chi connectivity index (χ4n) is 2.58. The molecule has 1 aromatic carbocycles. The van der Waals surface area contributed by atoms with Gasteiger partial charge in [-0.15, -0.1) is 0 Å². The van der Waals surface area contributed by atoms with Crippen molar-refractivity contribution in [2.24, 2.45) is 0 Å². The molecule has 2 rings (SSSR count). The van der Waals surface area contributed by atoms with Crippen LogP contribution in [0.3, 0.4) is 0 Å². The van der Waals surface area contributed by atoms with Gasteiger partial charge in [0.25, 0.3) is 5.69 Å². The van der Waals surface area contributed by atoms with Crippen LogP contribution in [-0.4, -0.2) is 51.3 Å². The number of rotatable bonds is 6. The van der Waals surface area contributed by atoms with Crippen LogP contribution in [-0.2, 0) is 4.43 Å². The number of hydrogen-bond acceptors (Lipinski definition) is 5. The van der Waals surface area contributed by atoms with Gasteiger partial charge in [-0.1, -0.05) is 20.8 Å².